The zero-order valence-electron chi connectivity index (χ0n) is 10.2. The first kappa shape index (κ1) is 14.0. The Hall–Kier alpha value is -1.06. The predicted octanol–water partition coefficient (Wildman–Crippen LogP) is 2.51. The monoisotopic (exact) mass is 255 g/mol. The number of carbonyl (C=O) groups excluding carboxylic acids is 1. The maximum atomic E-state index is 11.4. The van der Waals surface area contributed by atoms with Crippen LogP contribution in [0.15, 0.2) is 30.3 Å². The Bertz CT molecular complexity index is 341. The van der Waals surface area contributed by atoms with Crippen LogP contribution in [0.1, 0.15) is 24.8 Å². The number of rotatable bonds is 6. The van der Waals surface area contributed by atoms with Crippen LogP contribution in [0.2, 0.25) is 0 Å². The molecule has 4 heteroatoms. The van der Waals surface area contributed by atoms with Crippen LogP contribution in [0.4, 0.5) is 0 Å². The molecule has 1 N–H and O–H groups in total. The Morgan fingerprint density at radius 1 is 1.35 bits per heavy atom. The second-order valence-corrected chi connectivity index (χ2v) is 4.57. The van der Waals surface area contributed by atoms with Crippen molar-refractivity contribution in [1.29, 1.82) is 0 Å². The molecule has 1 aromatic carbocycles. The summed E-state index contributed by atoms with van der Waals surface area (Å²) in [5.41, 5.74) is 0.999. The summed E-state index contributed by atoms with van der Waals surface area (Å²) in [4.78, 5) is 11.4. The molecule has 1 unspecified atom stereocenters. The van der Waals surface area contributed by atoms with Crippen LogP contribution in [-0.2, 0) is 9.53 Å². The second kappa shape index (κ2) is 7.30. The third-order valence-corrected chi connectivity index (χ3v) is 2.59. The van der Waals surface area contributed by atoms with E-state index in [9.17, 15) is 4.79 Å². The van der Waals surface area contributed by atoms with Crippen molar-refractivity contribution in [2.45, 2.75) is 25.3 Å². The Kier molecular flexibility index (Phi) is 6.01. The number of benzene rings is 1. The maximum Gasteiger partial charge on any atom is 0.246 e. The van der Waals surface area contributed by atoms with Gasteiger partial charge in [-0.25, -0.2) is 0 Å². The molecule has 0 saturated heterocycles. The molecular weight excluding hydrogens is 238 g/mol. The van der Waals surface area contributed by atoms with Gasteiger partial charge in [0.25, 0.3) is 0 Å². The Morgan fingerprint density at radius 2 is 2.00 bits per heavy atom. The summed E-state index contributed by atoms with van der Waals surface area (Å²) in [7, 11) is 0. The van der Waals surface area contributed by atoms with Crippen molar-refractivity contribution in [3.63, 3.8) is 0 Å². The third kappa shape index (κ3) is 5.71. The third-order valence-electron chi connectivity index (χ3n) is 2.19. The SMILES string of the molecule is CC(C)OCC(=O)NCC(Cl)c1ccccc1. The van der Waals surface area contributed by atoms with E-state index in [2.05, 4.69) is 5.32 Å². The van der Waals surface area contributed by atoms with E-state index < -0.39 is 0 Å². The van der Waals surface area contributed by atoms with Gasteiger partial charge in [-0.15, -0.1) is 11.6 Å². The summed E-state index contributed by atoms with van der Waals surface area (Å²) < 4.78 is 5.19. The first-order chi connectivity index (χ1) is 8.09. The zero-order valence-corrected chi connectivity index (χ0v) is 10.9. The van der Waals surface area contributed by atoms with Crippen molar-refractivity contribution in [2.75, 3.05) is 13.2 Å². The smallest absolute Gasteiger partial charge is 0.246 e. The van der Waals surface area contributed by atoms with Crippen LogP contribution in [0.5, 0.6) is 0 Å². The zero-order chi connectivity index (χ0) is 12.7. The van der Waals surface area contributed by atoms with Gasteiger partial charge in [0, 0.05) is 6.54 Å². The lowest BCUT2D eigenvalue weighted by molar-refractivity contribution is -0.127. The molecule has 94 valence electrons. The molecule has 0 saturated carbocycles. The molecule has 0 aliphatic carbocycles. The van der Waals surface area contributed by atoms with Gasteiger partial charge in [-0.2, -0.15) is 0 Å². The summed E-state index contributed by atoms with van der Waals surface area (Å²) in [5, 5.41) is 2.53. The van der Waals surface area contributed by atoms with E-state index in [1.807, 2.05) is 44.2 Å². The quantitative estimate of drug-likeness (QED) is 0.794. The van der Waals surface area contributed by atoms with Crippen LogP contribution in [0, 0.1) is 0 Å². The van der Waals surface area contributed by atoms with Crippen molar-refractivity contribution in [3.8, 4) is 0 Å². The van der Waals surface area contributed by atoms with E-state index in [1.54, 1.807) is 0 Å². The average Bonchev–Trinajstić information content (AvgIpc) is 2.34. The molecule has 1 atom stereocenters. The highest BCUT2D eigenvalue weighted by molar-refractivity contribution is 6.21. The highest BCUT2D eigenvalue weighted by Gasteiger charge is 2.09. The lowest BCUT2D eigenvalue weighted by Gasteiger charge is -2.12. The second-order valence-electron chi connectivity index (χ2n) is 4.04. The molecule has 0 fully saturated rings. The molecule has 0 bridgehead atoms. The van der Waals surface area contributed by atoms with Gasteiger partial charge in [-0.1, -0.05) is 30.3 Å². The first-order valence-corrected chi connectivity index (χ1v) is 6.10. The van der Waals surface area contributed by atoms with Gasteiger partial charge in [0.1, 0.15) is 6.61 Å². The minimum atomic E-state index is -0.209. The summed E-state index contributed by atoms with van der Waals surface area (Å²) in [6, 6.07) is 9.66. The van der Waals surface area contributed by atoms with Crippen LogP contribution in [-0.4, -0.2) is 25.2 Å². The molecule has 1 rings (SSSR count). The van der Waals surface area contributed by atoms with Gasteiger partial charge in [-0.3, -0.25) is 4.79 Å². The van der Waals surface area contributed by atoms with E-state index in [-0.39, 0.29) is 24.0 Å². The number of hydrogen-bond acceptors (Lipinski definition) is 2. The van der Waals surface area contributed by atoms with E-state index in [4.69, 9.17) is 16.3 Å². The molecule has 0 aliphatic rings. The summed E-state index contributed by atoms with van der Waals surface area (Å²) >= 11 is 6.16. The van der Waals surface area contributed by atoms with Crippen molar-refractivity contribution in [2.24, 2.45) is 0 Å². The Morgan fingerprint density at radius 3 is 2.59 bits per heavy atom. The molecule has 0 radical (unpaired) electrons. The number of hydrogen-bond donors (Lipinski definition) is 1. The molecule has 0 aromatic heterocycles. The fourth-order valence-corrected chi connectivity index (χ4v) is 1.50. The Labute approximate surface area is 107 Å². The number of carbonyl (C=O) groups is 1. The van der Waals surface area contributed by atoms with Crippen LogP contribution >= 0.6 is 11.6 Å². The molecule has 17 heavy (non-hydrogen) atoms. The summed E-state index contributed by atoms with van der Waals surface area (Å²) in [5.74, 6) is -0.139. The lowest BCUT2D eigenvalue weighted by Crippen LogP contribution is -2.31. The molecule has 0 spiro atoms. The summed E-state index contributed by atoms with van der Waals surface area (Å²) in [6.45, 7) is 4.27. The van der Waals surface area contributed by atoms with Gasteiger partial charge in [0.15, 0.2) is 0 Å². The molecule has 3 nitrogen and oxygen atoms in total. The molecule has 1 aromatic rings. The molecular formula is C13H18ClNO2. The minimum absolute atomic E-state index is 0.0571. The minimum Gasteiger partial charge on any atom is -0.369 e. The van der Waals surface area contributed by atoms with Crippen LogP contribution in [0.3, 0.4) is 0 Å². The number of halogens is 1. The normalized spacial score (nSPS) is 12.5. The van der Waals surface area contributed by atoms with Crippen molar-refractivity contribution in [3.05, 3.63) is 35.9 Å². The van der Waals surface area contributed by atoms with Crippen molar-refractivity contribution < 1.29 is 9.53 Å². The fraction of sp³-hybridized carbons (Fsp3) is 0.462. The van der Waals surface area contributed by atoms with E-state index in [1.165, 1.54) is 0 Å². The first-order valence-electron chi connectivity index (χ1n) is 5.67. The predicted molar refractivity (Wildman–Crippen MR) is 69.1 cm³/mol. The van der Waals surface area contributed by atoms with E-state index in [0.29, 0.717) is 6.54 Å². The Balaban J connectivity index is 2.29. The number of nitrogens with one attached hydrogen (secondary N) is 1. The van der Waals surface area contributed by atoms with Gasteiger partial charge in [0.05, 0.1) is 11.5 Å². The van der Waals surface area contributed by atoms with E-state index >= 15 is 0 Å². The topological polar surface area (TPSA) is 38.3 Å². The summed E-state index contributed by atoms with van der Waals surface area (Å²) in [6.07, 6.45) is 0.0571. The molecule has 0 heterocycles. The molecule has 1 amide bonds. The van der Waals surface area contributed by atoms with Gasteiger partial charge in [0.2, 0.25) is 5.91 Å². The van der Waals surface area contributed by atoms with Crippen molar-refractivity contribution in [1.82, 2.24) is 5.32 Å². The van der Waals surface area contributed by atoms with Crippen LogP contribution in [0.25, 0.3) is 0 Å². The highest BCUT2D eigenvalue weighted by atomic mass is 35.5. The number of alkyl halides is 1. The standard InChI is InChI=1S/C13H18ClNO2/c1-10(2)17-9-13(16)15-8-12(14)11-6-4-3-5-7-11/h3-7,10,12H,8-9H2,1-2H3,(H,15,16). The maximum absolute atomic E-state index is 11.4. The molecule has 0 aliphatic heterocycles. The van der Waals surface area contributed by atoms with Crippen molar-refractivity contribution >= 4 is 17.5 Å². The van der Waals surface area contributed by atoms with Crippen LogP contribution < -0.4 is 5.32 Å². The van der Waals surface area contributed by atoms with E-state index in [0.717, 1.165) is 5.56 Å². The van der Waals surface area contributed by atoms with Gasteiger partial charge >= 0.3 is 0 Å². The lowest BCUT2D eigenvalue weighted by atomic mass is 10.1. The highest BCUT2D eigenvalue weighted by Crippen LogP contribution is 2.18. The average molecular weight is 256 g/mol. The van der Waals surface area contributed by atoms with Gasteiger partial charge in [-0.05, 0) is 19.4 Å². The fourth-order valence-electron chi connectivity index (χ4n) is 1.28. The largest absolute Gasteiger partial charge is 0.369 e. The number of amides is 1. The van der Waals surface area contributed by atoms with Gasteiger partial charge < -0.3 is 10.1 Å². The number of ether oxygens (including phenoxy) is 1.